The lowest BCUT2D eigenvalue weighted by molar-refractivity contribution is 0.0764. The van der Waals surface area contributed by atoms with E-state index in [0.29, 0.717) is 23.7 Å². The van der Waals surface area contributed by atoms with E-state index in [9.17, 15) is 15.0 Å². The molecule has 0 aliphatic carbocycles. The Balaban J connectivity index is 1.89. The maximum atomic E-state index is 12.3. The summed E-state index contributed by atoms with van der Waals surface area (Å²) < 4.78 is 0. The normalized spacial score (nSPS) is 13.7. The smallest absolute Gasteiger partial charge is 0.258 e. The fourth-order valence-corrected chi connectivity index (χ4v) is 2.62. The molecule has 1 amide bonds. The second-order valence-electron chi connectivity index (χ2n) is 4.76. The van der Waals surface area contributed by atoms with E-state index in [2.05, 4.69) is 0 Å². The van der Waals surface area contributed by atoms with Crippen LogP contribution in [-0.2, 0) is 13.1 Å². The Morgan fingerprint density at radius 2 is 2.00 bits per heavy atom. The predicted octanol–water partition coefficient (Wildman–Crippen LogP) is 2.91. The molecule has 4 nitrogen and oxygen atoms in total. The quantitative estimate of drug-likeness (QED) is 0.836. The lowest BCUT2D eigenvalue weighted by Gasteiger charge is -2.15. The van der Waals surface area contributed by atoms with E-state index in [1.807, 2.05) is 12.1 Å². The van der Waals surface area contributed by atoms with Crippen LogP contribution in [0.2, 0.25) is 5.02 Å². The van der Waals surface area contributed by atoms with Gasteiger partial charge in [0.1, 0.15) is 0 Å². The van der Waals surface area contributed by atoms with Crippen LogP contribution in [0.1, 0.15) is 21.5 Å². The zero-order chi connectivity index (χ0) is 14.3. The van der Waals surface area contributed by atoms with Crippen molar-refractivity contribution in [3.63, 3.8) is 0 Å². The third-order valence-corrected chi connectivity index (χ3v) is 3.60. The summed E-state index contributed by atoms with van der Waals surface area (Å²) in [6.45, 7) is 0.822. The molecule has 1 aliphatic heterocycles. The van der Waals surface area contributed by atoms with Gasteiger partial charge in [-0.2, -0.15) is 0 Å². The third kappa shape index (κ3) is 2.08. The van der Waals surface area contributed by atoms with Crippen molar-refractivity contribution < 1.29 is 15.0 Å². The molecule has 2 aromatic rings. The highest BCUT2D eigenvalue weighted by atomic mass is 35.5. The zero-order valence-electron chi connectivity index (χ0n) is 10.5. The molecule has 0 saturated carbocycles. The molecule has 0 atom stereocenters. The molecule has 102 valence electrons. The summed E-state index contributed by atoms with van der Waals surface area (Å²) in [6.07, 6.45) is 0. The average Bonchev–Trinajstić information content (AvgIpc) is 2.72. The number of carbonyl (C=O) groups is 1. The lowest BCUT2D eigenvalue weighted by atomic mass is 10.1. The molecule has 0 saturated heterocycles. The Bertz CT molecular complexity index is 700. The van der Waals surface area contributed by atoms with Crippen LogP contribution < -0.4 is 0 Å². The number of nitrogens with zero attached hydrogens (tertiary/aromatic N) is 1. The van der Waals surface area contributed by atoms with Gasteiger partial charge < -0.3 is 15.1 Å². The summed E-state index contributed by atoms with van der Waals surface area (Å²) in [4.78, 5) is 13.9. The first kappa shape index (κ1) is 12.8. The summed E-state index contributed by atoms with van der Waals surface area (Å²) in [5.41, 5.74) is 1.82. The molecule has 0 bridgehead atoms. The van der Waals surface area contributed by atoms with Crippen LogP contribution in [0.15, 0.2) is 36.4 Å². The number of phenolic OH excluding ortho intramolecular Hbond substituents is 2. The topological polar surface area (TPSA) is 60.8 Å². The number of halogens is 1. The van der Waals surface area contributed by atoms with Gasteiger partial charge in [-0.15, -0.1) is 0 Å². The summed E-state index contributed by atoms with van der Waals surface area (Å²) in [5.74, 6) is -0.906. The number of amides is 1. The van der Waals surface area contributed by atoms with Gasteiger partial charge in [0, 0.05) is 18.1 Å². The van der Waals surface area contributed by atoms with Gasteiger partial charge in [0.2, 0.25) is 0 Å². The SMILES string of the molecule is O=C1c2c(ccc(O)c2O)CN1Cc1cccc(Cl)c1. The Labute approximate surface area is 120 Å². The van der Waals surface area contributed by atoms with Crippen molar-refractivity contribution in [1.82, 2.24) is 4.90 Å². The Morgan fingerprint density at radius 3 is 2.75 bits per heavy atom. The molecule has 20 heavy (non-hydrogen) atoms. The average molecular weight is 290 g/mol. The first-order valence-corrected chi connectivity index (χ1v) is 6.51. The summed E-state index contributed by atoms with van der Waals surface area (Å²) >= 11 is 5.93. The third-order valence-electron chi connectivity index (χ3n) is 3.37. The van der Waals surface area contributed by atoms with Crippen LogP contribution in [0.5, 0.6) is 11.5 Å². The summed E-state index contributed by atoms with van der Waals surface area (Å²) in [7, 11) is 0. The molecular weight excluding hydrogens is 278 g/mol. The van der Waals surface area contributed by atoms with Gasteiger partial charge in [0.15, 0.2) is 11.5 Å². The van der Waals surface area contributed by atoms with E-state index in [1.54, 1.807) is 23.1 Å². The molecule has 2 aromatic carbocycles. The maximum absolute atomic E-state index is 12.3. The van der Waals surface area contributed by atoms with Crippen molar-refractivity contribution >= 4 is 17.5 Å². The van der Waals surface area contributed by atoms with Gasteiger partial charge in [0.05, 0.1) is 5.56 Å². The van der Waals surface area contributed by atoms with E-state index in [1.165, 1.54) is 6.07 Å². The Kier molecular flexibility index (Phi) is 3.03. The number of aromatic hydroxyl groups is 2. The molecule has 0 unspecified atom stereocenters. The molecular formula is C15H12ClNO3. The van der Waals surface area contributed by atoms with E-state index < -0.39 is 0 Å². The number of phenols is 2. The zero-order valence-corrected chi connectivity index (χ0v) is 11.3. The molecule has 1 heterocycles. The number of fused-ring (bicyclic) bond motifs is 1. The van der Waals surface area contributed by atoms with Crippen LogP contribution in [0.4, 0.5) is 0 Å². The van der Waals surface area contributed by atoms with Crippen LogP contribution in [0.25, 0.3) is 0 Å². The van der Waals surface area contributed by atoms with Gasteiger partial charge in [-0.3, -0.25) is 4.79 Å². The van der Waals surface area contributed by atoms with Gasteiger partial charge in [-0.05, 0) is 29.3 Å². The minimum absolute atomic E-state index is 0.187. The number of rotatable bonds is 2. The summed E-state index contributed by atoms with van der Waals surface area (Å²) in [6, 6.07) is 10.3. The van der Waals surface area contributed by atoms with Crippen LogP contribution >= 0.6 is 11.6 Å². The molecule has 0 radical (unpaired) electrons. The maximum Gasteiger partial charge on any atom is 0.258 e. The van der Waals surface area contributed by atoms with E-state index in [0.717, 1.165) is 5.56 Å². The molecule has 3 rings (SSSR count). The van der Waals surface area contributed by atoms with Gasteiger partial charge in [-0.1, -0.05) is 29.8 Å². The molecule has 1 aliphatic rings. The van der Waals surface area contributed by atoms with Gasteiger partial charge >= 0.3 is 0 Å². The second kappa shape index (κ2) is 4.72. The van der Waals surface area contributed by atoms with E-state index >= 15 is 0 Å². The molecule has 5 heteroatoms. The Hall–Kier alpha value is -2.20. The fourth-order valence-electron chi connectivity index (χ4n) is 2.41. The largest absolute Gasteiger partial charge is 0.504 e. The number of carbonyl (C=O) groups excluding carboxylic acids is 1. The lowest BCUT2D eigenvalue weighted by Crippen LogP contribution is -2.23. The first-order chi connectivity index (χ1) is 9.56. The molecule has 0 spiro atoms. The van der Waals surface area contributed by atoms with Gasteiger partial charge in [-0.25, -0.2) is 0 Å². The molecule has 0 fully saturated rings. The van der Waals surface area contributed by atoms with Crippen molar-refractivity contribution in [2.24, 2.45) is 0 Å². The van der Waals surface area contributed by atoms with Gasteiger partial charge in [0.25, 0.3) is 5.91 Å². The highest BCUT2D eigenvalue weighted by molar-refractivity contribution is 6.30. The van der Waals surface area contributed by atoms with E-state index in [4.69, 9.17) is 11.6 Å². The van der Waals surface area contributed by atoms with Crippen LogP contribution in [0, 0.1) is 0 Å². The minimum Gasteiger partial charge on any atom is -0.504 e. The molecule has 0 aromatic heterocycles. The Morgan fingerprint density at radius 1 is 1.20 bits per heavy atom. The second-order valence-corrected chi connectivity index (χ2v) is 5.19. The van der Waals surface area contributed by atoms with Crippen molar-refractivity contribution in [2.75, 3.05) is 0 Å². The van der Waals surface area contributed by atoms with Crippen molar-refractivity contribution in [2.45, 2.75) is 13.1 Å². The van der Waals surface area contributed by atoms with Crippen molar-refractivity contribution in [3.05, 3.63) is 58.1 Å². The van der Waals surface area contributed by atoms with Crippen LogP contribution in [0.3, 0.4) is 0 Å². The number of hydrogen-bond acceptors (Lipinski definition) is 3. The minimum atomic E-state index is -0.346. The van der Waals surface area contributed by atoms with E-state index in [-0.39, 0.29) is 23.0 Å². The standard InChI is InChI=1S/C15H12ClNO3/c16-11-3-1-2-9(6-11)7-17-8-10-4-5-12(18)14(19)13(10)15(17)20/h1-6,18-19H,7-8H2. The monoisotopic (exact) mass is 289 g/mol. The fraction of sp³-hybridized carbons (Fsp3) is 0.133. The first-order valence-electron chi connectivity index (χ1n) is 6.14. The highest BCUT2D eigenvalue weighted by Gasteiger charge is 2.31. The van der Waals surface area contributed by atoms with Crippen molar-refractivity contribution in [1.29, 1.82) is 0 Å². The predicted molar refractivity (Wildman–Crippen MR) is 74.8 cm³/mol. The van der Waals surface area contributed by atoms with Crippen molar-refractivity contribution in [3.8, 4) is 11.5 Å². The number of benzene rings is 2. The van der Waals surface area contributed by atoms with Crippen LogP contribution in [-0.4, -0.2) is 21.0 Å². The number of hydrogen-bond donors (Lipinski definition) is 2. The summed E-state index contributed by atoms with van der Waals surface area (Å²) in [5, 5.41) is 19.9. The molecule has 2 N–H and O–H groups in total. The highest BCUT2D eigenvalue weighted by Crippen LogP contribution is 2.37.